The molecule has 2 unspecified atom stereocenters. The van der Waals surface area contributed by atoms with Crippen molar-refractivity contribution >= 4 is 0 Å². The van der Waals surface area contributed by atoms with Crippen molar-refractivity contribution in [3.8, 4) is 0 Å². The Balaban J connectivity index is 2.01. The van der Waals surface area contributed by atoms with E-state index in [1.807, 2.05) is 0 Å². The minimum Gasteiger partial charge on any atom is -0.374 e. The molecule has 2 aliphatic heterocycles. The van der Waals surface area contributed by atoms with Gasteiger partial charge < -0.3 is 9.47 Å². The third-order valence-corrected chi connectivity index (χ3v) is 3.15. The van der Waals surface area contributed by atoms with Crippen LogP contribution < -0.4 is 5.32 Å². The molecule has 0 saturated carbocycles. The van der Waals surface area contributed by atoms with Crippen LogP contribution in [0.4, 0.5) is 0 Å². The highest BCUT2D eigenvalue weighted by molar-refractivity contribution is 4.95. The first-order chi connectivity index (χ1) is 6.52. The molecule has 0 aromatic rings. The SMILES string of the molecule is CC1(C)CNC(C)(C2CCCCO2)O1. The quantitative estimate of drug-likeness (QED) is 0.697. The van der Waals surface area contributed by atoms with Crippen LogP contribution in [0.1, 0.15) is 40.0 Å². The molecule has 82 valence electrons. The fourth-order valence-corrected chi connectivity index (χ4v) is 2.39. The van der Waals surface area contributed by atoms with Crippen LogP contribution in [0.5, 0.6) is 0 Å². The van der Waals surface area contributed by atoms with Crippen molar-refractivity contribution in [3.63, 3.8) is 0 Å². The minimum atomic E-state index is -0.274. The van der Waals surface area contributed by atoms with Crippen LogP contribution >= 0.6 is 0 Å². The standard InChI is InChI=1S/C11H21NO2/c1-10(2)8-12-11(3,14-10)9-6-4-5-7-13-9/h9,12H,4-8H2,1-3H3. The van der Waals surface area contributed by atoms with Gasteiger partial charge in [-0.3, -0.25) is 5.32 Å². The van der Waals surface area contributed by atoms with Crippen molar-refractivity contribution in [3.05, 3.63) is 0 Å². The highest BCUT2D eigenvalue weighted by Crippen LogP contribution is 2.32. The predicted molar refractivity (Wildman–Crippen MR) is 55.2 cm³/mol. The Morgan fingerprint density at radius 1 is 1.21 bits per heavy atom. The molecule has 0 amide bonds. The number of nitrogens with one attached hydrogen (secondary N) is 1. The summed E-state index contributed by atoms with van der Waals surface area (Å²) in [7, 11) is 0. The van der Waals surface area contributed by atoms with Crippen molar-refractivity contribution < 1.29 is 9.47 Å². The molecule has 14 heavy (non-hydrogen) atoms. The second kappa shape index (κ2) is 3.47. The van der Waals surface area contributed by atoms with E-state index in [2.05, 4.69) is 26.1 Å². The summed E-state index contributed by atoms with van der Waals surface area (Å²) in [4.78, 5) is 0. The van der Waals surface area contributed by atoms with E-state index in [0.29, 0.717) is 0 Å². The smallest absolute Gasteiger partial charge is 0.143 e. The molecule has 0 bridgehead atoms. The Hall–Kier alpha value is -0.120. The summed E-state index contributed by atoms with van der Waals surface area (Å²) in [5.41, 5.74) is -0.334. The van der Waals surface area contributed by atoms with Crippen LogP contribution in [-0.2, 0) is 9.47 Å². The van der Waals surface area contributed by atoms with Crippen molar-refractivity contribution in [1.82, 2.24) is 5.32 Å². The molecule has 1 N–H and O–H groups in total. The van der Waals surface area contributed by atoms with E-state index in [1.54, 1.807) is 0 Å². The molecule has 3 heteroatoms. The summed E-state index contributed by atoms with van der Waals surface area (Å²) >= 11 is 0. The monoisotopic (exact) mass is 199 g/mol. The Labute approximate surface area is 86.2 Å². The van der Waals surface area contributed by atoms with Crippen molar-refractivity contribution in [1.29, 1.82) is 0 Å². The summed E-state index contributed by atoms with van der Waals surface area (Å²) in [6.07, 6.45) is 3.78. The van der Waals surface area contributed by atoms with E-state index < -0.39 is 0 Å². The summed E-state index contributed by atoms with van der Waals surface area (Å²) in [5, 5.41) is 3.45. The Bertz CT molecular complexity index is 211. The average molecular weight is 199 g/mol. The normalized spacial score (nSPS) is 42.6. The first-order valence-corrected chi connectivity index (χ1v) is 5.59. The van der Waals surface area contributed by atoms with Crippen molar-refractivity contribution in [2.24, 2.45) is 0 Å². The van der Waals surface area contributed by atoms with Crippen molar-refractivity contribution in [2.75, 3.05) is 13.2 Å². The summed E-state index contributed by atoms with van der Waals surface area (Å²) < 4.78 is 11.8. The summed E-state index contributed by atoms with van der Waals surface area (Å²) in [5.74, 6) is 0. The Morgan fingerprint density at radius 3 is 2.50 bits per heavy atom. The van der Waals surface area contributed by atoms with Gasteiger partial charge in [0.2, 0.25) is 0 Å². The largest absolute Gasteiger partial charge is 0.374 e. The Kier molecular flexibility index (Phi) is 2.58. The van der Waals surface area contributed by atoms with Gasteiger partial charge >= 0.3 is 0 Å². The minimum absolute atomic E-state index is 0.0600. The maximum Gasteiger partial charge on any atom is 0.143 e. The zero-order valence-electron chi connectivity index (χ0n) is 9.43. The van der Waals surface area contributed by atoms with Crippen LogP contribution in [0.25, 0.3) is 0 Å². The van der Waals surface area contributed by atoms with Crippen LogP contribution in [-0.4, -0.2) is 30.6 Å². The third-order valence-electron chi connectivity index (χ3n) is 3.15. The third kappa shape index (κ3) is 1.95. The molecular formula is C11H21NO2. The van der Waals surface area contributed by atoms with Crippen LogP contribution in [0.2, 0.25) is 0 Å². The van der Waals surface area contributed by atoms with Gasteiger partial charge in [-0.1, -0.05) is 0 Å². The van der Waals surface area contributed by atoms with Crippen LogP contribution in [0, 0.1) is 0 Å². The highest BCUT2D eigenvalue weighted by atomic mass is 16.6. The second-order valence-corrected chi connectivity index (χ2v) is 5.18. The van der Waals surface area contributed by atoms with Crippen LogP contribution in [0.15, 0.2) is 0 Å². The number of hydrogen-bond acceptors (Lipinski definition) is 3. The maximum absolute atomic E-state index is 6.04. The van der Waals surface area contributed by atoms with E-state index in [9.17, 15) is 0 Å². The summed E-state index contributed by atoms with van der Waals surface area (Å²) in [6.45, 7) is 8.13. The van der Waals surface area contributed by atoms with Gasteiger partial charge in [0.1, 0.15) is 5.72 Å². The molecular weight excluding hydrogens is 178 g/mol. The van der Waals surface area contributed by atoms with E-state index in [1.165, 1.54) is 12.8 Å². The molecule has 2 atom stereocenters. The molecule has 3 nitrogen and oxygen atoms in total. The molecule has 0 aromatic heterocycles. The molecule has 0 aliphatic carbocycles. The molecule has 2 saturated heterocycles. The first-order valence-electron chi connectivity index (χ1n) is 5.59. The second-order valence-electron chi connectivity index (χ2n) is 5.18. The van der Waals surface area contributed by atoms with Crippen molar-refractivity contribution in [2.45, 2.75) is 57.5 Å². The number of hydrogen-bond donors (Lipinski definition) is 1. The van der Waals surface area contributed by atoms with Gasteiger partial charge in [-0.2, -0.15) is 0 Å². The van der Waals surface area contributed by atoms with E-state index in [0.717, 1.165) is 19.6 Å². The van der Waals surface area contributed by atoms with E-state index in [-0.39, 0.29) is 17.4 Å². The van der Waals surface area contributed by atoms with Gasteiger partial charge in [-0.25, -0.2) is 0 Å². The van der Waals surface area contributed by atoms with E-state index >= 15 is 0 Å². The van der Waals surface area contributed by atoms with Crippen LogP contribution in [0.3, 0.4) is 0 Å². The zero-order chi connectivity index (χ0) is 10.2. The predicted octanol–water partition coefficient (Wildman–Crippen LogP) is 1.67. The van der Waals surface area contributed by atoms with Gasteiger partial charge in [0.15, 0.2) is 0 Å². The zero-order valence-corrected chi connectivity index (χ0v) is 9.43. The van der Waals surface area contributed by atoms with E-state index in [4.69, 9.17) is 9.47 Å². The lowest BCUT2D eigenvalue weighted by Gasteiger charge is -2.37. The average Bonchev–Trinajstić information content (AvgIpc) is 2.44. The lowest BCUT2D eigenvalue weighted by molar-refractivity contribution is -0.170. The lowest BCUT2D eigenvalue weighted by Crippen LogP contribution is -2.51. The van der Waals surface area contributed by atoms with Gasteiger partial charge in [0.25, 0.3) is 0 Å². The summed E-state index contributed by atoms with van der Waals surface area (Å²) in [6, 6.07) is 0. The molecule has 2 rings (SSSR count). The van der Waals surface area contributed by atoms with Gasteiger partial charge in [0.05, 0.1) is 11.7 Å². The van der Waals surface area contributed by atoms with Gasteiger partial charge in [-0.15, -0.1) is 0 Å². The maximum atomic E-state index is 6.04. The fraction of sp³-hybridized carbons (Fsp3) is 1.00. The molecule has 2 heterocycles. The fourth-order valence-electron chi connectivity index (χ4n) is 2.39. The van der Waals surface area contributed by atoms with Gasteiger partial charge in [0, 0.05) is 13.2 Å². The highest BCUT2D eigenvalue weighted by Gasteiger charge is 2.46. The number of rotatable bonds is 1. The molecule has 0 radical (unpaired) electrons. The first kappa shape index (κ1) is 10.4. The molecule has 0 aromatic carbocycles. The number of ether oxygens (including phenoxy) is 2. The Morgan fingerprint density at radius 2 is 2.00 bits per heavy atom. The van der Waals surface area contributed by atoms with Gasteiger partial charge in [-0.05, 0) is 40.0 Å². The lowest BCUT2D eigenvalue weighted by atomic mass is 10.0. The topological polar surface area (TPSA) is 30.5 Å². The molecule has 0 spiro atoms. The molecule has 2 fully saturated rings. The molecule has 2 aliphatic rings.